The first kappa shape index (κ1) is 12.0. The molecule has 5 N–H and O–H groups in total. The van der Waals surface area contributed by atoms with Gasteiger partial charge < -0.3 is 16.8 Å². The second-order valence-corrected chi connectivity index (χ2v) is 3.98. The Balaban J connectivity index is 2.55. The number of hydrogen-bond donors (Lipinski definition) is 3. The summed E-state index contributed by atoms with van der Waals surface area (Å²) >= 11 is 0. The number of nitrogens with two attached hydrogens (primary N) is 2. The van der Waals surface area contributed by atoms with Gasteiger partial charge in [0.15, 0.2) is 0 Å². The molecule has 1 aliphatic carbocycles. The Morgan fingerprint density at radius 2 is 1.80 bits per heavy atom. The first-order valence-corrected chi connectivity index (χ1v) is 5.44. The van der Waals surface area contributed by atoms with Crippen molar-refractivity contribution in [1.29, 1.82) is 0 Å². The van der Waals surface area contributed by atoms with Gasteiger partial charge in [-0.05, 0) is 12.8 Å². The van der Waals surface area contributed by atoms with Gasteiger partial charge in [-0.2, -0.15) is 0 Å². The molecule has 0 bridgehead atoms. The Morgan fingerprint density at radius 1 is 1.20 bits per heavy atom. The van der Waals surface area contributed by atoms with Gasteiger partial charge in [0.05, 0.1) is 0 Å². The van der Waals surface area contributed by atoms with Gasteiger partial charge in [0.1, 0.15) is 0 Å². The van der Waals surface area contributed by atoms with Gasteiger partial charge in [-0.15, -0.1) is 0 Å². The maximum absolute atomic E-state index is 11.7. The van der Waals surface area contributed by atoms with Crippen molar-refractivity contribution in [3.63, 3.8) is 0 Å². The van der Waals surface area contributed by atoms with E-state index in [1.165, 1.54) is 0 Å². The molecule has 1 saturated carbocycles. The summed E-state index contributed by atoms with van der Waals surface area (Å²) in [4.78, 5) is 22.9. The lowest BCUT2D eigenvalue weighted by Gasteiger charge is -2.28. The van der Waals surface area contributed by atoms with E-state index >= 15 is 0 Å². The average molecular weight is 213 g/mol. The van der Waals surface area contributed by atoms with Crippen LogP contribution in [0.5, 0.6) is 0 Å². The molecule has 2 amide bonds. The van der Waals surface area contributed by atoms with E-state index in [2.05, 4.69) is 5.32 Å². The predicted octanol–water partition coefficient (Wildman–Crippen LogP) is -0.647. The van der Waals surface area contributed by atoms with E-state index in [1.807, 2.05) is 0 Å². The zero-order valence-corrected chi connectivity index (χ0v) is 8.87. The summed E-state index contributed by atoms with van der Waals surface area (Å²) in [5.41, 5.74) is 10.6. The Kier molecular flexibility index (Phi) is 4.55. The van der Waals surface area contributed by atoms with Crippen LogP contribution in [0.4, 0.5) is 0 Å². The van der Waals surface area contributed by atoms with Gasteiger partial charge in [0.2, 0.25) is 11.8 Å². The summed E-state index contributed by atoms with van der Waals surface area (Å²) < 4.78 is 0. The molecule has 0 heterocycles. The second-order valence-electron chi connectivity index (χ2n) is 3.98. The Morgan fingerprint density at radius 3 is 2.33 bits per heavy atom. The van der Waals surface area contributed by atoms with E-state index < -0.39 is 0 Å². The molecular weight excluding hydrogens is 194 g/mol. The van der Waals surface area contributed by atoms with Crippen LogP contribution in [0.15, 0.2) is 0 Å². The van der Waals surface area contributed by atoms with Gasteiger partial charge in [-0.3, -0.25) is 9.59 Å². The number of hydrogen-bond acceptors (Lipinski definition) is 3. The predicted molar refractivity (Wildman–Crippen MR) is 56.7 cm³/mol. The van der Waals surface area contributed by atoms with Crippen LogP contribution in [0.3, 0.4) is 0 Å². The summed E-state index contributed by atoms with van der Waals surface area (Å²) in [5.74, 6) is -0.981. The number of carbonyl (C=O) groups is 2. The zero-order chi connectivity index (χ0) is 11.3. The van der Waals surface area contributed by atoms with Crippen molar-refractivity contribution in [2.45, 2.75) is 25.7 Å². The van der Waals surface area contributed by atoms with E-state index in [4.69, 9.17) is 11.5 Å². The molecule has 5 nitrogen and oxygen atoms in total. The van der Waals surface area contributed by atoms with Crippen molar-refractivity contribution < 1.29 is 9.59 Å². The van der Waals surface area contributed by atoms with E-state index in [-0.39, 0.29) is 23.7 Å². The van der Waals surface area contributed by atoms with Crippen LogP contribution in [-0.4, -0.2) is 24.9 Å². The van der Waals surface area contributed by atoms with Crippen LogP contribution < -0.4 is 16.8 Å². The highest BCUT2D eigenvalue weighted by Crippen LogP contribution is 2.29. The number of carbonyl (C=O) groups excluding carboxylic acids is 2. The normalized spacial score (nSPS) is 25.9. The smallest absolute Gasteiger partial charge is 0.223 e. The van der Waals surface area contributed by atoms with Crippen LogP contribution in [0.1, 0.15) is 25.7 Å². The average Bonchev–Trinajstić information content (AvgIpc) is 2.25. The Bertz CT molecular complexity index is 243. The van der Waals surface area contributed by atoms with Crippen molar-refractivity contribution in [1.82, 2.24) is 5.32 Å². The molecule has 1 fully saturated rings. The summed E-state index contributed by atoms with van der Waals surface area (Å²) in [5, 5.41) is 2.72. The first-order valence-electron chi connectivity index (χ1n) is 5.44. The molecule has 2 atom stereocenters. The van der Waals surface area contributed by atoms with Crippen LogP contribution in [0.25, 0.3) is 0 Å². The lowest BCUT2D eigenvalue weighted by Crippen LogP contribution is -2.43. The molecule has 0 aliphatic heterocycles. The molecule has 0 aromatic rings. The Labute approximate surface area is 89.6 Å². The maximum Gasteiger partial charge on any atom is 0.223 e. The maximum atomic E-state index is 11.7. The van der Waals surface area contributed by atoms with E-state index in [0.717, 1.165) is 25.7 Å². The van der Waals surface area contributed by atoms with Crippen LogP contribution in [-0.2, 0) is 9.59 Å². The van der Waals surface area contributed by atoms with Crippen LogP contribution >= 0.6 is 0 Å². The van der Waals surface area contributed by atoms with Crippen molar-refractivity contribution in [3.05, 3.63) is 0 Å². The summed E-state index contributed by atoms with van der Waals surface area (Å²) in [6, 6.07) is 0. The highest BCUT2D eigenvalue weighted by atomic mass is 16.2. The molecule has 0 aromatic heterocycles. The van der Waals surface area contributed by atoms with Gasteiger partial charge in [0.25, 0.3) is 0 Å². The minimum absolute atomic E-state index is 0.0797. The van der Waals surface area contributed by atoms with Gasteiger partial charge in [0, 0.05) is 24.9 Å². The highest BCUT2D eigenvalue weighted by Gasteiger charge is 2.34. The molecule has 1 rings (SSSR count). The standard InChI is InChI=1S/C10H19N3O2/c11-5-6-13-10(15)8-4-2-1-3-7(8)9(12)14/h7-8H,1-6,11H2,(H2,12,14)(H,13,15). The fourth-order valence-electron chi connectivity index (χ4n) is 2.11. The molecule has 2 unspecified atom stereocenters. The lowest BCUT2D eigenvalue weighted by molar-refractivity contribution is -0.134. The van der Waals surface area contributed by atoms with Gasteiger partial charge >= 0.3 is 0 Å². The summed E-state index contributed by atoms with van der Waals surface area (Å²) in [6.07, 6.45) is 3.46. The molecule has 5 heteroatoms. The second kappa shape index (κ2) is 5.70. The fourth-order valence-corrected chi connectivity index (χ4v) is 2.11. The molecule has 0 aromatic carbocycles. The molecule has 15 heavy (non-hydrogen) atoms. The van der Waals surface area contributed by atoms with Crippen LogP contribution in [0.2, 0.25) is 0 Å². The Hall–Kier alpha value is -1.10. The minimum atomic E-state index is -0.359. The molecule has 0 saturated heterocycles. The highest BCUT2D eigenvalue weighted by molar-refractivity contribution is 5.87. The first-order chi connectivity index (χ1) is 7.16. The lowest BCUT2D eigenvalue weighted by atomic mass is 9.78. The third-order valence-corrected chi connectivity index (χ3v) is 2.91. The van der Waals surface area contributed by atoms with Crippen molar-refractivity contribution in [2.75, 3.05) is 13.1 Å². The molecular formula is C10H19N3O2. The molecule has 1 aliphatic rings. The zero-order valence-electron chi connectivity index (χ0n) is 8.87. The topological polar surface area (TPSA) is 98.2 Å². The van der Waals surface area contributed by atoms with E-state index in [1.54, 1.807) is 0 Å². The summed E-state index contributed by atoms with van der Waals surface area (Å²) in [6.45, 7) is 0.876. The fraction of sp³-hybridized carbons (Fsp3) is 0.800. The largest absolute Gasteiger partial charge is 0.369 e. The number of rotatable bonds is 4. The third kappa shape index (κ3) is 3.20. The van der Waals surface area contributed by atoms with Crippen molar-refractivity contribution in [3.8, 4) is 0 Å². The van der Waals surface area contributed by atoms with Gasteiger partial charge in [-0.25, -0.2) is 0 Å². The molecule has 0 radical (unpaired) electrons. The van der Waals surface area contributed by atoms with E-state index in [0.29, 0.717) is 13.1 Å². The minimum Gasteiger partial charge on any atom is -0.369 e. The quantitative estimate of drug-likeness (QED) is 0.579. The molecule has 86 valence electrons. The van der Waals surface area contributed by atoms with Crippen molar-refractivity contribution in [2.24, 2.45) is 23.3 Å². The summed E-state index contributed by atoms with van der Waals surface area (Å²) in [7, 11) is 0. The molecule has 0 spiro atoms. The van der Waals surface area contributed by atoms with Crippen molar-refractivity contribution >= 4 is 11.8 Å². The van der Waals surface area contributed by atoms with Gasteiger partial charge in [-0.1, -0.05) is 12.8 Å². The number of amides is 2. The van der Waals surface area contributed by atoms with E-state index in [9.17, 15) is 9.59 Å². The van der Waals surface area contributed by atoms with Crippen LogP contribution in [0, 0.1) is 11.8 Å². The number of primary amides is 1. The SMILES string of the molecule is NCCNC(=O)C1CCCCC1C(N)=O. The number of nitrogens with one attached hydrogen (secondary N) is 1. The third-order valence-electron chi connectivity index (χ3n) is 2.91. The monoisotopic (exact) mass is 213 g/mol.